The molecule has 2 unspecified atom stereocenters. The minimum atomic E-state index is -1.54. The third-order valence-electron chi connectivity index (χ3n) is 3.67. The highest BCUT2D eigenvalue weighted by Crippen LogP contribution is 2.35. The van der Waals surface area contributed by atoms with Crippen molar-refractivity contribution < 1.29 is 19.4 Å². The van der Waals surface area contributed by atoms with Gasteiger partial charge in [0.05, 0.1) is 14.2 Å². The summed E-state index contributed by atoms with van der Waals surface area (Å²) in [6.45, 7) is 5.42. The maximum Gasteiger partial charge on any atom is 0.338 e. The molecule has 1 aromatic rings. The van der Waals surface area contributed by atoms with Gasteiger partial charge >= 0.3 is 5.97 Å². The maximum absolute atomic E-state index is 11.9. The normalized spacial score (nSPS) is 15.7. The number of rotatable bonds is 5. The molecule has 19 heavy (non-hydrogen) atoms. The summed E-state index contributed by atoms with van der Waals surface area (Å²) in [5.74, 6) is -0.490. The van der Waals surface area contributed by atoms with Crippen LogP contribution in [-0.2, 0) is 9.53 Å². The number of carbonyl (C=O) groups is 1. The van der Waals surface area contributed by atoms with Gasteiger partial charge in [-0.15, -0.1) is 0 Å². The van der Waals surface area contributed by atoms with E-state index in [9.17, 15) is 9.90 Å². The lowest BCUT2D eigenvalue weighted by Gasteiger charge is -2.35. The van der Waals surface area contributed by atoms with E-state index in [4.69, 9.17) is 9.47 Å². The Balaban J connectivity index is 3.12. The van der Waals surface area contributed by atoms with Gasteiger partial charge in [-0.3, -0.25) is 0 Å². The van der Waals surface area contributed by atoms with Gasteiger partial charge in [0.15, 0.2) is 5.60 Å². The number of benzene rings is 1. The van der Waals surface area contributed by atoms with Gasteiger partial charge in [0.2, 0.25) is 0 Å². The summed E-state index contributed by atoms with van der Waals surface area (Å²) in [7, 11) is 2.88. The monoisotopic (exact) mass is 266 g/mol. The summed E-state index contributed by atoms with van der Waals surface area (Å²) in [5.41, 5.74) is -0.675. The fraction of sp³-hybridized carbons (Fsp3) is 0.533. The van der Waals surface area contributed by atoms with Gasteiger partial charge in [-0.05, 0) is 23.6 Å². The average Bonchev–Trinajstić information content (AvgIpc) is 2.44. The van der Waals surface area contributed by atoms with E-state index in [-0.39, 0.29) is 11.8 Å². The highest BCUT2D eigenvalue weighted by atomic mass is 16.5. The van der Waals surface area contributed by atoms with Crippen molar-refractivity contribution >= 4 is 5.97 Å². The van der Waals surface area contributed by atoms with Gasteiger partial charge in [-0.25, -0.2) is 4.79 Å². The zero-order valence-corrected chi connectivity index (χ0v) is 12.1. The van der Waals surface area contributed by atoms with Gasteiger partial charge in [0.1, 0.15) is 5.75 Å². The number of hydrogen-bond donors (Lipinski definition) is 1. The molecule has 0 aromatic heterocycles. The predicted octanol–water partition coefficient (Wildman–Crippen LogP) is 2.36. The van der Waals surface area contributed by atoms with Crippen molar-refractivity contribution in [1.82, 2.24) is 0 Å². The highest BCUT2D eigenvalue weighted by molar-refractivity contribution is 5.81. The van der Waals surface area contributed by atoms with Crippen LogP contribution in [-0.4, -0.2) is 30.9 Å². The first kappa shape index (κ1) is 15.5. The molecule has 1 aromatic carbocycles. The SMILES string of the molecule is COC(=O)C(O)(C(C)C)C(C)c1ccc(OC)cc1. The smallest absolute Gasteiger partial charge is 0.338 e. The summed E-state index contributed by atoms with van der Waals surface area (Å²) in [4.78, 5) is 11.9. The zero-order valence-electron chi connectivity index (χ0n) is 12.1. The Morgan fingerprint density at radius 3 is 2.05 bits per heavy atom. The van der Waals surface area contributed by atoms with Gasteiger partial charge in [-0.1, -0.05) is 32.9 Å². The predicted molar refractivity (Wildman–Crippen MR) is 73.2 cm³/mol. The number of ether oxygens (including phenoxy) is 2. The third-order valence-corrected chi connectivity index (χ3v) is 3.67. The van der Waals surface area contributed by atoms with Crippen LogP contribution in [0.15, 0.2) is 24.3 Å². The number of carbonyl (C=O) groups excluding carboxylic acids is 1. The molecule has 4 nitrogen and oxygen atoms in total. The van der Waals surface area contributed by atoms with Crippen molar-refractivity contribution in [1.29, 1.82) is 0 Å². The van der Waals surface area contributed by atoms with Crippen molar-refractivity contribution in [2.45, 2.75) is 32.3 Å². The first-order valence-corrected chi connectivity index (χ1v) is 6.32. The third kappa shape index (κ3) is 2.89. The molecule has 0 spiro atoms. The molecule has 1 rings (SSSR count). The minimum absolute atomic E-state index is 0.253. The minimum Gasteiger partial charge on any atom is -0.497 e. The summed E-state index contributed by atoms with van der Waals surface area (Å²) < 4.78 is 9.85. The molecule has 0 heterocycles. The molecular formula is C15H22O4. The van der Waals surface area contributed by atoms with Crippen LogP contribution >= 0.6 is 0 Å². The number of methoxy groups -OCH3 is 2. The van der Waals surface area contributed by atoms with E-state index < -0.39 is 11.6 Å². The summed E-state index contributed by atoms with van der Waals surface area (Å²) >= 11 is 0. The van der Waals surface area contributed by atoms with Crippen molar-refractivity contribution in [3.63, 3.8) is 0 Å². The molecule has 0 bridgehead atoms. The van der Waals surface area contributed by atoms with E-state index in [0.29, 0.717) is 0 Å². The summed E-state index contributed by atoms with van der Waals surface area (Å²) in [6, 6.07) is 7.31. The Kier molecular flexibility index (Phi) is 4.95. The quantitative estimate of drug-likeness (QED) is 0.831. The fourth-order valence-electron chi connectivity index (χ4n) is 2.22. The standard InChI is InChI=1S/C15H22O4/c1-10(2)15(17,14(16)19-5)11(3)12-6-8-13(18-4)9-7-12/h6-11,17H,1-5H3. The molecule has 0 aliphatic rings. The molecule has 0 radical (unpaired) electrons. The van der Waals surface area contributed by atoms with Crippen LogP contribution in [0.5, 0.6) is 5.75 Å². The topological polar surface area (TPSA) is 55.8 Å². The highest BCUT2D eigenvalue weighted by Gasteiger charge is 2.46. The van der Waals surface area contributed by atoms with Gasteiger partial charge in [0.25, 0.3) is 0 Å². The Bertz CT molecular complexity index is 424. The maximum atomic E-state index is 11.9. The molecular weight excluding hydrogens is 244 g/mol. The van der Waals surface area contributed by atoms with E-state index in [1.54, 1.807) is 21.0 Å². The van der Waals surface area contributed by atoms with Crippen molar-refractivity contribution in [3.8, 4) is 5.75 Å². The Morgan fingerprint density at radius 2 is 1.68 bits per heavy atom. The van der Waals surface area contributed by atoms with Crippen LogP contribution in [0, 0.1) is 5.92 Å². The Hall–Kier alpha value is -1.55. The van der Waals surface area contributed by atoms with E-state index >= 15 is 0 Å². The van der Waals surface area contributed by atoms with Crippen molar-refractivity contribution in [2.24, 2.45) is 5.92 Å². The average molecular weight is 266 g/mol. The first-order chi connectivity index (χ1) is 8.87. The van der Waals surface area contributed by atoms with Crippen LogP contribution < -0.4 is 4.74 Å². The second kappa shape index (κ2) is 6.06. The Labute approximate surface area is 114 Å². The number of esters is 1. The lowest BCUT2D eigenvalue weighted by Crippen LogP contribution is -2.49. The lowest BCUT2D eigenvalue weighted by molar-refractivity contribution is -0.170. The summed E-state index contributed by atoms with van der Waals surface area (Å²) in [6.07, 6.45) is 0. The molecule has 0 aliphatic carbocycles. The van der Waals surface area contributed by atoms with Crippen LogP contribution in [0.1, 0.15) is 32.3 Å². The zero-order chi connectivity index (χ0) is 14.6. The molecule has 4 heteroatoms. The second-order valence-electron chi connectivity index (χ2n) is 4.97. The van der Waals surface area contributed by atoms with Gasteiger partial charge in [-0.2, -0.15) is 0 Å². The Morgan fingerprint density at radius 1 is 1.16 bits per heavy atom. The van der Waals surface area contributed by atoms with Crippen molar-refractivity contribution in [3.05, 3.63) is 29.8 Å². The molecule has 2 atom stereocenters. The van der Waals surface area contributed by atoms with E-state index in [2.05, 4.69) is 0 Å². The molecule has 0 aliphatic heterocycles. The van der Waals surface area contributed by atoms with E-state index in [1.165, 1.54) is 7.11 Å². The van der Waals surface area contributed by atoms with E-state index in [0.717, 1.165) is 11.3 Å². The number of hydrogen-bond acceptors (Lipinski definition) is 4. The van der Waals surface area contributed by atoms with Crippen molar-refractivity contribution in [2.75, 3.05) is 14.2 Å². The largest absolute Gasteiger partial charge is 0.497 e. The fourth-order valence-corrected chi connectivity index (χ4v) is 2.22. The molecule has 0 saturated heterocycles. The molecule has 106 valence electrons. The molecule has 0 amide bonds. The van der Waals surface area contributed by atoms with Gasteiger partial charge < -0.3 is 14.6 Å². The van der Waals surface area contributed by atoms with Crippen LogP contribution in [0.2, 0.25) is 0 Å². The molecule has 0 fully saturated rings. The van der Waals surface area contributed by atoms with Crippen LogP contribution in [0.3, 0.4) is 0 Å². The summed E-state index contributed by atoms with van der Waals surface area (Å²) in [5, 5.41) is 10.7. The van der Waals surface area contributed by atoms with Gasteiger partial charge in [0, 0.05) is 5.92 Å². The second-order valence-corrected chi connectivity index (χ2v) is 4.97. The molecule has 0 saturated carbocycles. The lowest BCUT2D eigenvalue weighted by atomic mass is 9.76. The van der Waals surface area contributed by atoms with Crippen LogP contribution in [0.4, 0.5) is 0 Å². The molecule has 1 N–H and O–H groups in total. The van der Waals surface area contributed by atoms with E-state index in [1.807, 2.05) is 31.2 Å². The number of aliphatic hydroxyl groups is 1. The van der Waals surface area contributed by atoms with Crippen LogP contribution in [0.25, 0.3) is 0 Å². The first-order valence-electron chi connectivity index (χ1n) is 6.32.